The summed E-state index contributed by atoms with van der Waals surface area (Å²) in [6.45, 7) is 0.261. The zero-order valence-electron chi connectivity index (χ0n) is 9.57. The average Bonchev–Trinajstić information content (AvgIpc) is 2.88. The van der Waals surface area contributed by atoms with E-state index in [2.05, 4.69) is 10.3 Å². The summed E-state index contributed by atoms with van der Waals surface area (Å²) in [6.07, 6.45) is -2.78. The third-order valence-electron chi connectivity index (χ3n) is 2.36. The van der Waals surface area contributed by atoms with Gasteiger partial charge >= 0.3 is 6.18 Å². The van der Waals surface area contributed by atoms with Crippen molar-refractivity contribution in [3.63, 3.8) is 0 Å². The lowest BCUT2D eigenvalue weighted by Crippen LogP contribution is -2.22. The third kappa shape index (κ3) is 3.54. The molecule has 0 saturated heterocycles. The summed E-state index contributed by atoms with van der Waals surface area (Å²) >= 11 is 1.39. The molecule has 1 N–H and O–H groups in total. The van der Waals surface area contributed by atoms with Crippen molar-refractivity contribution in [2.75, 3.05) is 0 Å². The van der Waals surface area contributed by atoms with Crippen LogP contribution >= 0.6 is 11.3 Å². The second-order valence-corrected chi connectivity index (χ2v) is 4.66. The first-order valence-corrected chi connectivity index (χ1v) is 6.18. The normalized spacial score (nSPS) is 11.3. The van der Waals surface area contributed by atoms with Gasteiger partial charge in [0.15, 0.2) is 0 Å². The van der Waals surface area contributed by atoms with Crippen molar-refractivity contribution in [2.24, 2.45) is 0 Å². The zero-order chi connectivity index (χ0) is 13.9. The second kappa shape index (κ2) is 5.40. The van der Waals surface area contributed by atoms with Crippen molar-refractivity contribution in [2.45, 2.75) is 12.7 Å². The number of benzene rings is 1. The minimum atomic E-state index is -4.39. The summed E-state index contributed by atoms with van der Waals surface area (Å²) in [6, 6.07) is 4.08. The highest BCUT2D eigenvalue weighted by Gasteiger charge is 2.30. The Hall–Kier alpha value is -1.89. The Morgan fingerprint density at radius 1 is 1.26 bits per heavy atom. The fourth-order valence-corrected chi connectivity index (χ4v) is 1.96. The Labute approximate surface area is 111 Å². The Bertz CT molecular complexity index is 549. The maximum absolute atomic E-state index is 12.3. The quantitative estimate of drug-likeness (QED) is 0.942. The van der Waals surface area contributed by atoms with E-state index < -0.39 is 17.6 Å². The largest absolute Gasteiger partial charge is 0.416 e. The van der Waals surface area contributed by atoms with Gasteiger partial charge in [-0.05, 0) is 24.3 Å². The molecule has 0 bridgehead atoms. The Morgan fingerprint density at radius 3 is 2.47 bits per heavy atom. The summed E-state index contributed by atoms with van der Waals surface area (Å²) < 4.78 is 37.0. The van der Waals surface area contributed by atoms with Gasteiger partial charge in [-0.1, -0.05) is 0 Å². The molecule has 0 fully saturated rings. The van der Waals surface area contributed by atoms with Gasteiger partial charge in [0.25, 0.3) is 5.91 Å². The third-order valence-corrected chi connectivity index (χ3v) is 3.14. The molecule has 7 heteroatoms. The topological polar surface area (TPSA) is 42.0 Å². The first-order valence-electron chi connectivity index (χ1n) is 5.30. The molecule has 0 spiro atoms. The maximum Gasteiger partial charge on any atom is 0.416 e. The van der Waals surface area contributed by atoms with Crippen molar-refractivity contribution in [3.05, 3.63) is 52.0 Å². The van der Waals surface area contributed by atoms with Gasteiger partial charge in [-0.25, -0.2) is 4.98 Å². The van der Waals surface area contributed by atoms with Crippen LogP contribution in [0.2, 0.25) is 0 Å². The highest BCUT2D eigenvalue weighted by molar-refractivity contribution is 7.09. The van der Waals surface area contributed by atoms with Crippen LogP contribution in [0.1, 0.15) is 20.9 Å². The summed E-state index contributed by atoms with van der Waals surface area (Å²) in [7, 11) is 0. The number of rotatable bonds is 3. The van der Waals surface area contributed by atoms with Crippen LogP contribution in [-0.4, -0.2) is 10.9 Å². The van der Waals surface area contributed by atoms with Gasteiger partial charge in [0.05, 0.1) is 12.1 Å². The van der Waals surface area contributed by atoms with Crippen LogP contribution in [0, 0.1) is 0 Å². The summed E-state index contributed by atoms with van der Waals surface area (Å²) in [5, 5.41) is 5.10. The molecule has 0 radical (unpaired) electrons. The predicted octanol–water partition coefficient (Wildman–Crippen LogP) is 3.09. The van der Waals surface area contributed by atoms with E-state index >= 15 is 0 Å². The van der Waals surface area contributed by atoms with Gasteiger partial charge in [0, 0.05) is 17.1 Å². The number of hydrogen-bond acceptors (Lipinski definition) is 3. The van der Waals surface area contributed by atoms with E-state index in [0.29, 0.717) is 0 Å². The summed E-state index contributed by atoms with van der Waals surface area (Å²) in [5.41, 5.74) is -0.589. The molecule has 19 heavy (non-hydrogen) atoms. The van der Waals surface area contributed by atoms with Gasteiger partial charge in [0.1, 0.15) is 5.01 Å². The minimum absolute atomic E-state index is 0.185. The number of nitrogens with one attached hydrogen (secondary N) is 1. The van der Waals surface area contributed by atoms with E-state index in [-0.39, 0.29) is 12.1 Å². The fourth-order valence-electron chi connectivity index (χ4n) is 1.41. The number of nitrogens with zero attached hydrogens (tertiary/aromatic N) is 1. The molecule has 1 amide bonds. The molecule has 2 rings (SSSR count). The number of aromatic nitrogens is 1. The molecule has 1 aromatic heterocycles. The van der Waals surface area contributed by atoms with Gasteiger partial charge in [-0.15, -0.1) is 11.3 Å². The monoisotopic (exact) mass is 286 g/mol. The number of halogens is 3. The molecule has 0 aliphatic rings. The maximum atomic E-state index is 12.3. The van der Waals surface area contributed by atoms with Crippen molar-refractivity contribution in [3.8, 4) is 0 Å². The molecule has 0 unspecified atom stereocenters. The van der Waals surface area contributed by atoms with Crippen LogP contribution in [0.3, 0.4) is 0 Å². The lowest BCUT2D eigenvalue weighted by atomic mass is 10.1. The number of alkyl halides is 3. The van der Waals surface area contributed by atoms with E-state index in [0.717, 1.165) is 29.3 Å². The molecule has 100 valence electrons. The zero-order valence-corrected chi connectivity index (χ0v) is 10.4. The van der Waals surface area contributed by atoms with Gasteiger partial charge < -0.3 is 5.32 Å². The van der Waals surface area contributed by atoms with Crippen molar-refractivity contribution >= 4 is 17.2 Å². The SMILES string of the molecule is O=C(NCc1nccs1)c1ccc(C(F)(F)F)cc1. The predicted molar refractivity (Wildman–Crippen MR) is 64.7 cm³/mol. The standard InChI is InChI=1S/C12H9F3N2OS/c13-12(14,15)9-3-1-8(2-4-9)11(18)17-7-10-16-5-6-19-10/h1-6H,7H2,(H,17,18). The van der Waals surface area contributed by atoms with E-state index in [1.165, 1.54) is 11.3 Å². The molecule has 1 heterocycles. The summed E-state index contributed by atoms with van der Waals surface area (Å²) in [4.78, 5) is 15.7. The van der Waals surface area contributed by atoms with E-state index in [1.807, 2.05) is 0 Å². The molecule has 0 aliphatic heterocycles. The van der Waals surface area contributed by atoms with Crippen LogP contribution in [0.5, 0.6) is 0 Å². The lowest BCUT2D eigenvalue weighted by Gasteiger charge is -2.07. The highest BCUT2D eigenvalue weighted by atomic mass is 32.1. The molecule has 0 saturated carbocycles. The van der Waals surface area contributed by atoms with Crippen molar-refractivity contribution in [1.29, 1.82) is 0 Å². The first kappa shape index (κ1) is 13.5. The Morgan fingerprint density at radius 2 is 1.95 bits per heavy atom. The number of carbonyl (C=O) groups is 1. The van der Waals surface area contributed by atoms with Crippen LogP contribution < -0.4 is 5.32 Å². The Balaban J connectivity index is 2.00. The fraction of sp³-hybridized carbons (Fsp3) is 0.167. The molecule has 3 nitrogen and oxygen atoms in total. The summed E-state index contributed by atoms with van der Waals surface area (Å²) in [5.74, 6) is -0.427. The second-order valence-electron chi connectivity index (χ2n) is 3.68. The van der Waals surface area contributed by atoms with Crippen molar-refractivity contribution in [1.82, 2.24) is 10.3 Å². The molecule has 0 atom stereocenters. The molecule has 0 aliphatic carbocycles. The number of carbonyl (C=O) groups excluding carboxylic acids is 1. The number of hydrogen-bond donors (Lipinski definition) is 1. The molecule has 2 aromatic rings. The molecular weight excluding hydrogens is 277 g/mol. The first-order chi connectivity index (χ1) is 8.97. The molecule has 1 aromatic carbocycles. The number of amides is 1. The van der Waals surface area contributed by atoms with Gasteiger partial charge in [0.2, 0.25) is 0 Å². The van der Waals surface area contributed by atoms with Crippen LogP contribution in [0.4, 0.5) is 13.2 Å². The molecular formula is C12H9F3N2OS. The van der Waals surface area contributed by atoms with E-state index in [4.69, 9.17) is 0 Å². The Kier molecular flexibility index (Phi) is 3.84. The minimum Gasteiger partial charge on any atom is -0.346 e. The highest BCUT2D eigenvalue weighted by Crippen LogP contribution is 2.29. The van der Waals surface area contributed by atoms with Crippen LogP contribution in [0.25, 0.3) is 0 Å². The average molecular weight is 286 g/mol. The van der Waals surface area contributed by atoms with Gasteiger partial charge in [-0.2, -0.15) is 13.2 Å². The van der Waals surface area contributed by atoms with Crippen molar-refractivity contribution < 1.29 is 18.0 Å². The van der Waals surface area contributed by atoms with Crippen LogP contribution in [0.15, 0.2) is 35.8 Å². The lowest BCUT2D eigenvalue weighted by molar-refractivity contribution is -0.137. The van der Waals surface area contributed by atoms with Crippen LogP contribution in [-0.2, 0) is 12.7 Å². The van der Waals surface area contributed by atoms with E-state index in [9.17, 15) is 18.0 Å². The van der Waals surface area contributed by atoms with E-state index in [1.54, 1.807) is 11.6 Å². The number of thiazole rings is 1. The van der Waals surface area contributed by atoms with Gasteiger partial charge in [-0.3, -0.25) is 4.79 Å². The smallest absolute Gasteiger partial charge is 0.346 e.